The summed E-state index contributed by atoms with van der Waals surface area (Å²) >= 11 is 12.4. The third-order valence-electron chi connectivity index (χ3n) is 4.43. The summed E-state index contributed by atoms with van der Waals surface area (Å²) in [4.78, 5) is 15.1. The molecule has 0 aliphatic rings. The van der Waals surface area contributed by atoms with E-state index in [-0.39, 0.29) is 17.9 Å². The van der Waals surface area contributed by atoms with Gasteiger partial charge in [-0.1, -0.05) is 23.7 Å². The van der Waals surface area contributed by atoms with E-state index in [0.29, 0.717) is 23.6 Å². The molecule has 160 valence electrons. The highest BCUT2D eigenvalue weighted by atomic mass is 35.5. The number of rotatable bonds is 5. The zero-order chi connectivity index (χ0) is 22.3. The largest absolute Gasteiger partial charge is 0.466 e. The normalized spacial score (nSPS) is 12.4. The summed E-state index contributed by atoms with van der Waals surface area (Å²) in [5.41, 5.74) is 0.946. The predicted octanol–water partition coefficient (Wildman–Crippen LogP) is 6.28. The SMILES string of the molecule is CCOC(=O)Cc1ccc(-n2c(C(C)(C)Cl)nc3cc(C(F)(F)F)c(Cl)cc32)cc1. The topological polar surface area (TPSA) is 44.1 Å². The number of benzene rings is 2. The Morgan fingerprint density at radius 1 is 1.17 bits per heavy atom. The third-order valence-corrected chi connectivity index (χ3v) is 4.91. The number of hydrogen-bond acceptors (Lipinski definition) is 3. The third kappa shape index (κ3) is 4.57. The van der Waals surface area contributed by atoms with E-state index in [1.54, 1.807) is 49.6 Å². The van der Waals surface area contributed by atoms with Gasteiger partial charge in [-0.15, -0.1) is 11.6 Å². The number of aromatic nitrogens is 2. The molecule has 0 unspecified atom stereocenters. The fourth-order valence-electron chi connectivity index (χ4n) is 3.12. The number of carbonyl (C=O) groups is 1. The molecule has 0 saturated carbocycles. The molecule has 3 aromatic rings. The second-order valence-electron chi connectivity index (χ2n) is 7.21. The van der Waals surface area contributed by atoms with Crippen LogP contribution in [-0.2, 0) is 27.0 Å². The lowest BCUT2D eigenvalue weighted by molar-refractivity contribution is -0.142. The Labute approximate surface area is 181 Å². The average molecular weight is 459 g/mol. The number of ether oxygens (including phenoxy) is 1. The first kappa shape index (κ1) is 22.4. The van der Waals surface area contributed by atoms with Crippen molar-refractivity contribution in [3.63, 3.8) is 0 Å². The van der Waals surface area contributed by atoms with Crippen molar-refractivity contribution in [3.05, 3.63) is 58.4 Å². The van der Waals surface area contributed by atoms with Gasteiger partial charge >= 0.3 is 12.1 Å². The van der Waals surface area contributed by atoms with Crippen molar-refractivity contribution in [2.24, 2.45) is 0 Å². The molecule has 0 N–H and O–H groups in total. The standard InChI is InChI=1S/C21H19Cl2F3N2O2/c1-4-30-18(29)9-12-5-7-13(8-6-12)28-17-11-15(22)14(21(24,25)26)10-16(17)27-19(28)20(2,3)23/h5-8,10-11H,4,9H2,1-3H3. The van der Waals surface area contributed by atoms with Gasteiger partial charge in [0.25, 0.3) is 0 Å². The Balaban J connectivity index is 2.14. The van der Waals surface area contributed by atoms with Crippen molar-refractivity contribution in [1.82, 2.24) is 9.55 Å². The van der Waals surface area contributed by atoms with E-state index in [4.69, 9.17) is 27.9 Å². The van der Waals surface area contributed by atoms with Gasteiger partial charge in [-0.2, -0.15) is 13.2 Å². The summed E-state index contributed by atoms with van der Waals surface area (Å²) in [6.45, 7) is 5.43. The van der Waals surface area contributed by atoms with Crippen LogP contribution < -0.4 is 0 Å². The van der Waals surface area contributed by atoms with E-state index in [1.807, 2.05) is 0 Å². The van der Waals surface area contributed by atoms with Gasteiger partial charge in [-0.3, -0.25) is 9.36 Å². The minimum atomic E-state index is -4.60. The number of halogens is 5. The van der Waals surface area contributed by atoms with Crippen molar-refractivity contribution in [2.45, 2.75) is 38.2 Å². The highest BCUT2D eigenvalue weighted by molar-refractivity contribution is 6.32. The molecule has 0 aliphatic heterocycles. The molecule has 4 nitrogen and oxygen atoms in total. The lowest BCUT2D eigenvalue weighted by atomic mass is 10.1. The molecular formula is C21H19Cl2F3N2O2. The first-order chi connectivity index (χ1) is 13.9. The van der Waals surface area contributed by atoms with E-state index in [9.17, 15) is 18.0 Å². The van der Waals surface area contributed by atoms with Crippen molar-refractivity contribution in [1.29, 1.82) is 0 Å². The van der Waals surface area contributed by atoms with Gasteiger partial charge in [0.15, 0.2) is 0 Å². The molecule has 0 saturated heterocycles. The fourth-order valence-corrected chi connectivity index (χ4v) is 3.51. The summed E-state index contributed by atoms with van der Waals surface area (Å²) in [7, 11) is 0. The fraction of sp³-hybridized carbons (Fsp3) is 0.333. The zero-order valence-electron chi connectivity index (χ0n) is 16.5. The van der Waals surface area contributed by atoms with Gasteiger partial charge in [0.05, 0.1) is 39.5 Å². The quantitative estimate of drug-likeness (QED) is 0.333. The molecule has 2 aromatic carbocycles. The van der Waals surface area contributed by atoms with Gasteiger partial charge in [-0.05, 0) is 50.6 Å². The van der Waals surface area contributed by atoms with Crippen LogP contribution >= 0.6 is 23.2 Å². The minimum Gasteiger partial charge on any atom is -0.466 e. The molecule has 0 amide bonds. The molecule has 1 aromatic heterocycles. The van der Waals surface area contributed by atoms with Gasteiger partial charge < -0.3 is 4.74 Å². The molecule has 3 rings (SSSR count). The van der Waals surface area contributed by atoms with Crippen LogP contribution in [0.5, 0.6) is 0 Å². The molecule has 9 heteroatoms. The number of imidazole rings is 1. The Bertz CT molecular complexity index is 1080. The number of nitrogens with zero attached hydrogens (tertiary/aromatic N) is 2. The Morgan fingerprint density at radius 2 is 1.80 bits per heavy atom. The van der Waals surface area contributed by atoms with E-state index in [1.165, 1.54) is 6.07 Å². The molecule has 30 heavy (non-hydrogen) atoms. The molecule has 0 aliphatic carbocycles. The first-order valence-corrected chi connectivity index (χ1v) is 9.91. The van der Waals surface area contributed by atoms with Crippen LogP contribution in [0.2, 0.25) is 5.02 Å². The van der Waals surface area contributed by atoms with E-state index >= 15 is 0 Å². The molecule has 0 fully saturated rings. The number of carbonyl (C=O) groups excluding carboxylic acids is 1. The summed E-state index contributed by atoms with van der Waals surface area (Å²) in [5, 5.41) is -0.422. The average Bonchev–Trinajstić information content (AvgIpc) is 3.00. The maximum Gasteiger partial charge on any atom is 0.417 e. The number of fused-ring (bicyclic) bond motifs is 1. The van der Waals surface area contributed by atoms with Crippen LogP contribution in [0.4, 0.5) is 13.2 Å². The Morgan fingerprint density at radius 3 is 2.33 bits per heavy atom. The van der Waals surface area contributed by atoms with Crippen molar-refractivity contribution in [3.8, 4) is 5.69 Å². The van der Waals surface area contributed by atoms with Gasteiger partial charge in [0.1, 0.15) is 5.82 Å². The highest BCUT2D eigenvalue weighted by Gasteiger charge is 2.35. The summed E-state index contributed by atoms with van der Waals surface area (Å²) < 4.78 is 46.4. The number of alkyl halides is 4. The zero-order valence-corrected chi connectivity index (χ0v) is 18.0. The van der Waals surface area contributed by atoms with Crippen LogP contribution in [0.3, 0.4) is 0 Å². The number of hydrogen-bond donors (Lipinski definition) is 0. The van der Waals surface area contributed by atoms with Crippen LogP contribution in [0.25, 0.3) is 16.7 Å². The second-order valence-corrected chi connectivity index (χ2v) is 8.56. The summed E-state index contributed by atoms with van der Waals surface area (Å²) in [6, 6.07) is 9.14. The van der Waals surface area contributed by atoms with E-state index in [0.717, 1.165) is 11.6 Å². The predicted molar refractivity (Wildman–Crippen MR) is 110 cm³/mol. The Kier molecular flexibility index (Phi) is 6.07. The minimum absolute atomic E-state index is 0.118. The van der Waals surface area contributed by atoms with Crippen molar-refractivity contribution < 1.29 is 22.7 Å². The molecule has 0 bridgehead atoms. The maximum atomic E-state index is 13.3. The van der Waals surface area contributed by atoms with E-state index in [2.05, 4.69) is 4.98 Å². The molecule has 1 heterocycles. The lowest BCUT2D eigenvalue weighted by Gasteiger charge is -2.18. The first-order valence-electron chi connectivity index (χ1n) is 9.15. The van der Waals surface area contributed by atoms with Crippen LogP contribution in [0, 0.1) is 0 Å². The Hall–Kier alpha value is -2.25. The van der Waals surface area contributed by atoms with E-state index < -0.39 is 21.6 Å². The monoisotopic (exact) mass is 458 g/mol. The van der Waals surface area contributed by atoms with Gasteiger partial charge in [0.2, 0.25) is 0 Å². The molecular weight excluding hydrogens is 440 g/mol. The van der Waals surface area contributed by atoms with Gasteiger partial charge in [-0.25, -0.2) is 4.98 Å². The lowest BCUT2D eigenvalue weighted by Crippen LogP contribution is -2.15. The maximum absolute atomic E-state index is 13.3. The van der Waals surface area contributed by atoms with Crippen molar-refractivity contribution >= 4 is 40.2 Å². The molecule has 0 spiro atoms. The number of esters is 1. The van der Waals surface area contributed by atoms with Crippen LogP contribution in [0.15, 0.2) is 36.4 Å². The van der Waals surface area contributed by atoms with Crippen LogP contribution in [-0.4, -0.2) is 22.1 Å². The molecule has 0 radical (unpaired) electrons. The van der Waals surface area contributed by atoms with Crippen LogP contribution in [0.1, 0.15) is 37.7 Å². The smallest absolute Gasteiger partial charge is 0.417 e. The molecule has 0 atom stereocenters. The highest BCUT2D eigenvalue weighted by Crippen LogP contribution is 2.39. The van der Waals surface area contributed by atoms with Crippen molar-refractivity contribution in [2.75, 3.05) is 6.61 Å². The summed E-state index contributed by atoms with van der Waals surface area (Å²) in [6.07, 6.45) is -4.48. The van der Waals surface area contributed by atoms with Gasteiger partial charge in [0, 0.05) is 5.69 Å². The summed E-state index contributed by atoms with van der Waals surface area (Å²) in [5.74, 6) is 0.0278. The second kappa shape index (κ2) is 8.12.